The van der Waals surface area contributed by atoms with Crippen molar-refractivity contribution in [1.29, 1.82) is 0 Å². The van der Waals surface area contributed by atoms with Crippen molar-refractivity contribution in [2.75, 3.05) is 11.9 Å². The van der Waals surface area contributed by atoms with E-state index < -0.39 is 0 Å². The number of hydrogen-bond donors (Lipinski definition) is 2. The summed E-state index contributed by atoms with van der Waals surface area (Å²) < 4.78 is 0.949. The number of amides is 1. The van der Waals surface area contributed by atoms with Crippen LogP contribution in [-0.2, 0) is 4.79 Å². The molecule has 0 spiro atoms. The van der Waals surface area contributed by atoms with Gasteiger partial charge in [0.15, 0.2) is 0 Å². The molecule has 0 saturated heterocycles. The molecule has 1 aromatic carbocycles. The molecule has 1 unspecified atom stereocenters. The van der Waals surface area contributed by atoms with E-state index in [0.717, 1.165) is 22.3 Å². The van der Waals surface area contributed by atoms with Crippen LogP contribution in [0.2, 0.25) is 0 Å². The summed E-state index contributed by atoms with van der Waals surface area (Å²) in [7, 11) is 0. The van der Waals surface area contributed by atoms with Crippen LogP contribution in [0.4, 0.5) is 5.69 Å². The molecule has 0 fully saturated rings. The lowest BCUT2D eigenvalue weighted by atomic mass is 10.2. The third-order valence-electron chi connectivity index (χ3n) is 2.51. The van der Waals surface area contributed by atoms with Gasteiger partial charge in [-0.1, -0.05) is 19.1 Å². The van der Waals surface area contributed by atoms with Crippen molar-refractivity contribution in [2.24, 2.45) is 0 Å². The summed E-state index contributed by atoms with van der Waals surface area (Å²) in [6.07, 6.45) is 0.480. The average Bonchev–Trinajstić information content (AvgIpc) is 2.25. The monoisotopic (exact) mass is 298 g/mol. The van der Waals surface area contributed by atoms with Crippen molar-refractivity contribution < 1.29 is 4.79 Å². The van der Waals surface area contributed by atoms with E-state index in [1.165, 1.54) is 0 Å². The number of rotatable bonds is 5. The highest BCUT2D eigenvalue weighted by atomic mass is 79.9. The zero-order chi connectivity index (χ0) is 12.8. The van der Waals surface area contributed by atoms with Crippen molar-refractivity contribution >= 4 is 27.5 Å². The third-order valence-corrected chi connectivity index (χ3v) is 3.56. The predicted octanol–water partition coefficient (Wildman–Crippen LogP) is 3.08. The Balaban J connectivity index is 2.59. The number of anilines is 1. The van der Waals surface area contributed by atoms with Crippen LogP contribution in [0.3, 0.4) is 0 Å². The molecule has 3 nitrogen and oxygen atoms in total. The number of benzene rings is 1. The highest BCUT2D eigenvalue weighted by Gasteiger charge is 2.10. The van der Waals surface area contributed by atoms with Gasteiger partial charge in [0, 0.05) is 16.9 Å². The molecule has 0 aromatic heterocycles. The van der Waals surface area contributed by atoms with Crippen molar-refractivity contribution in [1.82, 2.24) is 5.32 Å². The summed E-state index contributed by atoms with van der Waals surface area (Å²) in [5.41, 5.74) is 1.95. The molecule has 4 heteroatoms. The van der Waals surface area contributed by atoms with Crippen LogP contribution in [0, 0.1) is 6.92 Å². The van der Waals surface area contributed by atoms with E-state index in [0.29, 0.717) is 6.42 Å². The number of aryl methyl sites for hydroxylation is 1. The van der Waals surface area contributed by atoms with Gasteiger partial charge in [0.25, 0.3) is 0 Å². The minimum absolute atomic E-state index is 0.0322. The SMILES string of the molecule is CCNC(C)CC(=O)Nc1cccc(C)c1Br. The van der Waals surface area contributed by atoms with Gasteiger partial charge < -0.3 is 10.6 Å². The summed E-state index contributed by atoms with van der Waals surface area (Å²) in [6.45, 7) is 6.92. The number of carbonyl (C=O) groups is 1. The Bertz CT molecular complexity index is 393. The first-order valence-corrected chi connectivity index (χ1v) is 6.62. The molecule has 2 N–H and O–H groups in total. The van der Waals surface area contributed by atoms with Crippen LogP contribution in [0.25, 0.3) is 0 Å². The lowest BCUT2D eigenvalue weighted by Gasteiger charge is -2.13. The van der Waals surface area contributed by atoms with Gasteiger partial charge in [-0.25, -0.2) is 0 Å². The zero-order valence-corrected chi connectivity index (χ0v) is 12.1. The summed E-state index contributed by atoms with van der Waals surface area (Å²) >= 11 is 3.48. The molecule has 1 amide bonds. The normalized spacial score (nSPS) is 12.2. The molecule has 1 atom stereocenters. The second-order valence-corrected chi connectivity index (χ2v) is 4.94. The Labute approximate surface area is 111 Å². The van der Waals surface area contributed by atoms with Crippen molar-refractivity contribution in [2.45, 2.75) is 33.2 Å². The molecular formula is C13H19BrN2O. The van der Waals surface area contributed by atoms with Gasteiger partial charge in [-0.05, 0) is 48.0 Å². The number of halogens is 1. The Morgan fingerprint density at radius 3 is 2.82 bits per heavy atom. The summed E-state index contributed by atoms with van der Waals surface area (Å²) in [5, 5.41) is 6.13. The van der Waals surface area contributed by atoms with Crippen molar-refractivity contribution in [3.8, 4) is 0 Å². The molecule has 0 saturated carbocycles. The number of carbonyl (C=O) groups excluding carboxylic acids is 1. The van der Waals surface area contributed by atoms with E-state index in [1.54, 1.807) is 0 Å². The van der Waals surface area contributed by atoms with E-state index in [9.17, 15) is 4.79 Å². The summed E-state index contributed by atoms with van der Waals surface area (Å²) in [4.78, 5) is 11.8. The Morgan fingerprint density at radius 2 is 2.18 bits per heavy atom. The Morgan fingerprint density at radius 1 is 1.47 bits per heavy atom. The highest BCUT2D eigenvalue weighted by molar-refractivity contribution is 9.10. The maximum absolute atomic E-state index is 11.8. The fraction of sp³-hybridized carbons (Fsp3) is 0.462. The predicted molar refractivity (Wildman–Crippen MR) is 75.3 cm³/mol. The fourth-order valence-electron chi connectivity index (χ4n) is 1.64. The quantitative estimate of drug-likeness (QED) is 0.877. The van der Waals surface area contributed by atoms with Crippen molar-refractivity contribution in [3.05, 3.63) is 28.2 Å². The van der Waals surface area contributed by atoms with Gasteiger partial charge in [0.2, 0.25) is 5.91 Å². The maximum atomic E-state index is 11.8. The molecule has 0 aliphatic rings. The standard InChI is InChI=1S/C13H19BrN2O/c1-4-15-10(3)8-12(17)16-11-7-5-6-9(2)13(11)14/h5-7,10,15H,4,8H2,1-3H3,(H,16,17). The highest BCUT2D eigenvalue weighted by Crippen LogP contribution is 2.25. The lowest BCUT2D eigenvalue weighted by molar-refractivity contribution is -0.116. The molecule has 0 bridgehead atoms. The van der Waals surface area contributed by atoms with Gasteiger partial charge in [0.1, 0.15) is 0 Å². The van der Waals surface area contributed by atoms with Gasteiger partial charge in [-0.3, -0.25) is 4.79 Å². The molecule has 0 radical (unpaired) electrons. The second kappa shape index (κ2) is 6.77. The van der Waals surface area contributed by atoms with E-state index in [2.05, 4.69) is 26.6 Å². The topological polar surface area (TPSA) is 41.1 Å². The number of nitrogens with one attached hydrogen (secondary N) is 2. The van der Waals surface area contributed by atoms with Crippen LogP contribution in [0.5, 0.6) is 0 Å². The molecule has 17 heavy (non-hydrogen) atoms. The summed E-state index contributed by atoms with van der Waals surface area (Å²) in [6, 6.07) is 6.03. The van der Waals surface area contributed by atoms with Crippen LogP contribution < -0.4 is 10.6 Å². The molecule has 0 aliphatic carbocycles. The Kier molecular flexibility index (Phi) is 5.65. The molecule has 1 rings (SSSR count). The maximum Gasteiger partial charge on any atom is 0.225 e. The Hall–Kier alpha value is -0.870. The second-order valence-electron chi connectivity index (χ2n) is 4.15. The van der Waals surface area contributed by atoms with Crippen LogP contribution >= 0.6 is 15.9 Å². The first kappa shape index (κ1) is 14.2. The third kappa shape index (κ3) is 4.48. The average molecular weight is 299 g/mol. The first-order valence-electron chi connectivity index (χ1n) is 5.83. The molecular weight excluding hydrogens is 280 g/mol. The minimum Gasteiger partial charge on any atom is -0.325 e. The van der Waals surface area contributed by atoms with Crippen LogP contribution in [0.1, 0.15) is 25.8 Å². The fourth-order valence-corrected chi connectivity index (χ4v) is 2.01. The molecule has 0 aliphatic heterocycles. The van der Waals surface area contributed by atoms with Gasteiger partial charge in [-0.2, -0.15) is 0 Å². The van der Waals surface area contributed by atoms with Crippen LogP contribution in [0.15, 0.2) is 22.7 Å². The van der Waals surface area contributed by atoms with Crippen LogP contribution in [-0.4, -0.2) is 18.5 Å². The molecule has 1 aromatic rings. The number of hydrogen-bond acceptors (Lipinski definition) is 2. The van der Waals surface area contributed by atoms with E-state index in [4.69, 9.17) is 0 Å². The minimum atomic E-state index is 0.0322. The van der Waals surface area contributed by atoms with E-state index in [1.807, 2.05) is 39.0 Å². The van der Waals surface area contributed by atoms with E-state index >= 15 is 0 Å². The van der Waals surface area contributed by atoms with Gasteiger partial charge in [-0.15, -0.1) is 0 Å². The van der Waals surface area contributed by atoms with Gasteiger partial charge in [0.05, 0.1) is 5.69 Å². The smallest absolute Gasteiger partial charge is 0.225 e. The first-order chi connectivity index (χ1) is 8.04. The van der Waals surface area contributed by atoms with E-state index in [-0.39, 0.29) is 11.9 Å². The van der Waals surface area contributed by atoms with Crippen molar-refractivity contribution in [3.63, 3.8) is 0 Å². The molecule has 0 heterocycles. The summed E-state index contributed by atoms with van der Waals surface area (Å²) in [5.74, 6) is 0.0322. The van der Waals surface area contributed by atoms with Gasteiger partial charge >= 0.3 is 0 Å². The lowest BCUT2D eigenvalue weighted by Crippen LogP contribution is -2.30. The largest absolute Gasteiger partial charge is 0.325 e. The molecule has 94 valence electrons. The zero-order valence-electron chi connectivity index (χ0n) is 10.5.